The lowest BCUT2D eigenvalue weighted by Gasteiger charge is -2.32. The van der Waals surface area contributed by atoms with Gasteiger partial charge in [0.1, 0.15) is 0 Å². The highest BCUT2D eigenvalue weighted by atomic mass is 16.3. The maximum atomic E-state index is 9.08. The molecule has 4 nitrogen and oxygen atoms in total. The highest BCUT2D eigenvalue weighted by molar-refractivity contribution is 4.89. The molecule has 60 valence electrons. The molecule has 0 aliphatic heterocycles. The molecule has 0 spiro atoms. The van der Waals surface area contributed by atoms with Crippen molar-refractivity contribution in [3.05, 3.63) is 0 Å². The number of hydrogen-bond acceptors (Lipinski definition) is 4. The summed E-state index contributed by atoms with van der Waals surface area (Å²) < 4.78 is 0. The van der Waals surface area contributed by atoms with Crippen LogP contribution in [0.1, 0.15) is 12.8 Å². The zero-order chi connectivity index (χ0) is 7.72. The Morgan fingerprint density at radius 1 is 0.900 bits per heavy atom. The van der Waals surface area contributed by atoms with Crippen molar-refractivity contribution in [3.63, 3.8) is 0 Å². The number of hydrogen-bond donors (Lipinski definition) is 4. The number of aliphatic hydroxyl groups is 2. The highest BCUT2D eigenvalue weighted by Crippen LogP contribution is 2.16. The van der Waals surface area contributed by atoms with E-state index in [9.17, 15) is 0 Å². The van der Waals surface area contributed by atoms with Gasteiger partial charge in [0.15, 0.2) is 0 Å². The molecule has 4 atom stereocenters. The Labute approximate surface area is 59.8 Å². The summed E-state index contributed by atoms with van der Waals surface area (Å²) in [4.78, 5) is 0. The van der Waals surface area contributed by atoms with Crippen LogP contribution in [0.4, 0.5) is 0 Å². The van der Waals surface area contributed by atoms with Gasteiger partial charge in [-0.15, -0.1) is 0 Å². The van der Waals surface area contributed by atoms with E-state index in [0.29, 0.717) is 12.8 Å². The molecule has 0 amide bonds. The van der Waals surface area contributed by atoms with Crippen LogP contribution in [0.25, 0.3) is 0 Å². The molecule has 0 saturated heterocycles. The molecule has 1 aliphatic rings. The van der Waals surface area contributed by atoms with E-state index in [1.165, 1.54) is 0 Å². The van der Waals surface area contributed by atoms with E-state index in [4.69, 9.17) is 21.7 Å². The van der Waals surface area contributed by atoms with Crippen LogP contribution in [0.15, 0.2) is 0 Å². The van der Waals surface area contributed by atoms with Gasteiger partial charge in [0, 0.05) is 12.1 Å². The molecule has 6 N–H and O–H groups in total. The van der Waals surface area contributed by atoms with E-state index < -0.39 is 12.2 Å². The molecular formula is C6H14N2O2. The topological polar surface area (TPSA) is 92.5 Å². The van der Waals surface area contributed by atoms with Gasteiger partial charge in [-0.05, 0) is 12.8 Å². The van der Waals surface area contributed by atoms with E-state index in [2.05, 4.69) is 0 Å². The monoisotopic (exact) mass is 146 g/mol. The maximum Gasteiger partial charge on any atom is 0.0815 e. The fraction of sp³-hybridized carbons (Fsp3) is 1.00. The van der Waals surface area contributed by atoms with Crippen molar-refractivity contribution in [2.75, 3.05) is 0 Å². The molecule has 0 aromatic rings. The van der Waals surface area contributed by atoms with Gasteiger partial charge in [0.05, 0.1) is 12.2 Å². The van der Waals surface area contributed by atoms with Crippen molar-refractivity contribution in [2.24, 2.45) is 11.5 Å². The Bertz CT molecular complexity index is 94.3. The van der Waals surface area contributed by atoms with E-state index in [0.717, 1.165) is 0 Å². The Balaban J connectivity index is 2.46. The highest BCUT2D eigenvalue weighted by Gasteiger charge is 2.30. The summed E-state index contributed by atoms with van der Waals surface area (Å²) in [7, 11) is 0. The van der Waals surface area contributed by atoms with Crippen molar-refractivity contribution in [1.82, 2.24) is 0 Å². The molecule has 0 bridgehead atoms. The van der Waals surface area contributed by atoms with Crippen LogP contribution >= 0.6 is 0 Å². The Kier molecular flexibility index (Phi) is 2.25. The first-order valence-corrected chi connectivity index (χ1v) is 3.48. The van der Waals surface area contributed by atoms with Crippen LogP contribution in [-0.4, -0.2) is 34.5 Å². The molecule has 0 aromatic heterocycles. The zero-order valence-corrected chi connectivity index (χ0v) is 5.77. The number of aliphatic hydroxyl groups excluding tert-OH is 2. The van der Waals surface area contributed by atoms with Gasteiger partial charge in [0.25, 0.3) is 0 Å². The third kappa shape index (κ3) is 1.46. The van der Waals surface area contributed by atoms with Crippen molar-refractivity contribution in [3.8, 4) is 0 Å². The second kappa shape index (κ2) is 2.84. The summed E-state index contributed by atoms with van der Waals surface area (Å²) in [6.45, 7) is 0. The Morgan fingerprint density at radius 3 is 1.50 bits per heavy atom. The van der Waals surface area contributed by atoms with Crippen molar-refractivity contribution in [2.45, 2.75) is 37.1 Å². The lowest BCUT2D eigenvalue weighted by molar-refractivity contribution is -0.0198. The fourth-order valence-corrected chi connectivity index (χ4v) is 1.22. The van der Waals surface area contributed by atoms with Gasteiger partial charge in [-0.1, -0.05) is 0 Å². The third-order valence-corrected chi connectivity index (χ3v) is 2.02. The van der Waals surface area contributed by atoms with Gasteiger partial charge in [-0.25, -0.2) is 0 Å². The molecule has 0 heterocycles. The molecule has 1 rings (SSSR count). The minimum absolute atomic E-state index is 0.168. The van der Waals surface area contributed by atoms with Gasteiger partial charge in [-0.3, -0.25) is 0 Å². The van der Waals surface area contributed by atoms with Crippen molar-refractivity contribution >= 4 is 0 Å². The van der Waals surface area contributed by atoms with Crippen molar-refractivity contribution < 1.29 is 10.2 Å². The molecule has 4 heteroatoms. The van der Waals surface area contributed by atoms with Crippen LogP contribution in [-0.2, 0) is 0 Å². The first-order chi connectivity index (χ1) is 4.61. The quantitative estimate of drug-likeness (QED) is 0.323. The lowest BCUT2D eigenvalue weighted by Crippen LogP contribution is -2.52. The van der Waals surface area contributed by atoms with Crippen LogP contribution < -0.4 is 11.5 Å². The second-order valence-electron chi connectivity index (χ2n) is 2.93. The normalized spacial score (nSPS) is 49.2. The predicted octanol–water partition coefficient (Wildman–Crippen LogP) is -1.84. The summed E-state index contributed by atoms with van der Waals surface area (Å²) >= 11 is 0. The molecule has 0 aromatic carbocycles. The largest absolute Gasteiger partial charge is 0.390 e. The molecule has 1 aliphatic carbocycles. The lowest BCUT2D eigenvalue weighted by atomic mass is 9.87. The number of rotatable bonds is 0. The molecule has 1 saturated carbocycles. The van der Waals surface area contributed by atoms with E-state index in [1.54, 1.807) is 0 Å². The SMILES string of the molecule is N[C@@H]1C[C@H](O)[C@H](O)C[C@@H]1N. The van der Waals surface area contributed by atoms with Crippen LogP contribution in [0.3, 0.4) is 0 Å². The summed E-state index contributed by atoms with van der Waals surface area (Å²) in [5.74, 6) is 0. The van der Waals surface area contributed by atoms with Crippen molar-refractivity contribution in [1.29, 1.82) is 0 Å². The second-order valence-corrected chi connectivity index (χ2v) is 2.93. The summed E-state index contributed by atoms with van der Waals surface area (Å²) in [5.41, 5.74) is 11.1. The predicted molar refractivity (Wildman–Crippen MR) is 37.2 cm³/mol. The Hall–Kier alpha value is -0.160. The van der Waals surface area contributed by atoms with Gasteiger partial charge < -0.3 is 21.7 Å². The molecule has 0 radical (unpaired) electrons. The van der Waals surface area contributed by atoms with Gasteiger partial charge >= 0.3 is 0 Å². The molecule has 10 heavy (non-hydrogen) atoms. The zero-order valence-electron chi connectivity index (χ0n) is 5.77. The maximum absolute atomic E-state index is 9.08. The molecule has 0 unspecified atom stereocenters. The standard InChI is InChI=1S/C6H14N2O2/c7-3-1-5(9)6(10)2-4(3)8/h3-6,9-10H,1-2,7-8H2/t3-,4+,5+,6-. The van der Waals surface area contributed by atoms with E-state index >= 15 is 0 Å². The first-order valence-electron chi connectivity index (χ1n) is 3.48. The first kappa shape index (κ1) is 7.94. The third-order valence-electron chi connectivity index (χ3n) is 2.02. The van der Waals surface area contributed by atoms with E-state index in [-0.39, 0.29) is 12.1 Å². The van der Waals surface area contributed by atoms with Gasteiger partial charge in [-0.2, -0.15) is 0 Å². The average molecular weight is 146 g/mol. The number of nitrogens with two attached hydrogens (primary N) is 2. The molecular weight excluding hydrogens is 132 g/mol. The van der Waals surface area contributed by atoms with Crippen LogP contribution in [0.5, 0.6) is 0 Å². The van der Waals surface area contributed by atoms with Crippen LogP contribution in [0, 0.1) is 0 Å². The van der Waals surface area contributed by atoms with E-state index in [1.807, 2.05) is 0 Å². The van der Waals surface area contributed by atoms with Crippen LogP contribution in [0.2, 0.25) is 0 Å². The Morgan fingerprint density at radius 2 is 1.20 bits per heavy atom. The minimum atomic E-state index is -0.685. The average Bonchev–Trinajstić information content (AvgIpc) is 1.84. The minimum Gasteiger partial charge on any atom is -0.390 e. The smallest absolute Gasteiger partial charge is 0.0815 e. The summed E-state index contributed by atoms with van der Waals surface area (Å²) in [6.07, 6.45) is -0.561. The summed E-state index contributed by atoms with van der Waals surface area (Å²) in [6, 6.07) is -0.336. The molecule has 1 fully saturated rings. The summed E-state index contributed by atoms with van der Waals surface area (Å²) in [5, 5.41) is 18.2. The fourth-order valence-electron chi connectivity index (χ4n) is 1.22. The van der Waals surface area contributed by atoms with Gasteiger partial charge in [0.2, 0.25) is 0 Å².